The molecule has 1 aliphatic rings. The molecule has 4 aromatic rings. The van der Waals surface area contributed by atoms with Crippen molar-refractivity contribution in [3.8, 4) is 16.9 Å². The molecule has 10 nitrogen and oxygen atoms in total. The average Bonchev–Trinajstić information content (AvgIpc) is 3.08. The number of nitro groups is 1. The molecule has 5 rings (SSSR count). The highest BCUT2D eigenvalue weighted by atomic mass is 16.6. The van der Waals surface area contributed by atoms with E-state index in [0.717, 1.165) is 16.7 Å². The number of amides is 2. The lowest BCUT2D eigenvalue weighted by molar-refractivity contribution is -0.385. The Morgan fingerprint density at radius 3 is 2.56 bits per heavy atom. The van der Waals surface area contributed by atoms with Crippen molar-refractivity contribution < 1.29 is 19.2 Å². The van der Waals surface area contributed by atoms with E-state index < -0.39 is 4.92 Å². The second kappa shape index (κ2) is 11.0. The summed E-state index contributed by atoms with van der Waals surface area (Å²) in [7, 11) is 1.38. The molecule has 39 heavy (non-hydrogen) atoms. The second-order valence-corrected chi connectivity index (χ2v) is 9.00. The molecule has 2 heterocycles. The van der Waals surface area contributed by atoms with Crippen LogP contribution in [0.4, 0.5) is 22.7 Å². The zero-order valence-electron chi connectivity index (χ0n) is 21.1. The molecule has 10 heteroatoms. The van der Waals surface area contributed by atoms with Gasteiger partial charge in [0.25, 0.3) is 5.91 Å². The van der Waals surface area contributed by atoms with Crippen LogP contribution in [0.25, 0.3) is 11.1 Å². The fourth-order valence-corrected chi connectivity index (χ4v) is 4.42. The average molecular weight is 524 g/mol. The van der Waals surface area contributed by atoms with E-state index in [1.807, 2.05) is 30.3 Å². The number of fused-ring (bicyclic) bond motifs is 2. The SMILES string of the molecule is COc1cc(-c2ccc3c(c2)Nc2cc(CC(=O)NCCc4cccnc4)ccc2NC3=O)ccc1[N+](=O)[O-]. The maximum absolute atomic E-state index is 12.9. The Hall–Kier alpha value is -5.25. The highest BCUT2D eigenvalue weighted by Crippen LogP contribution is 2.37. The molecular formula is C29H25N5O5. The number of nitro benzene ring substituents is 1. The summed E-state index contributed by atoms with van der Waals surface area (Å²) in [5.74, 6) is -0.233. The van der Waals surface area contributed by atoms with Crippen LogP contribution in [-0.4, -0.2) is 35.4 Å². The normalized spacial score (nSPS) is 11.8. The van der Waals surface area contributed by atoms with Crippen molar-refractivity contribution in [3.63, 3.8) is 0 Å². The zero-order valence-corrected chi connectivity index (χ0v) is 21.1. The van der Waals surface area contributed by atoms with Gasteiger partial charge in [-0.25, -0.2) is 0 Å². The molecular weight excluding hydrogens is 498 g/mol. The predicted molar refractivity (Wildman–Crippen MR) is 147 cm³/mol. The Balaban J connectivity index is 1.34. The van der Waals surface area contributed by atoms with Crippen molar-refractivity contribution in [3.05, 3.63) is 106 Å². The van der Waals surface area contributed by atoms with Crippen molar-refractivity contribution in [2.75, 3.05) is 24.3 Å². The molecule has 3 aromatic carbocycles. The zero-order chi connectivity index (χ0) is 27.4. The van der Waals surface area contributed by atoms with E-state index in [-0.39, 0.29) is 29.7 Å². The Bertz CT molecular complexity index is 1570. The molecule has 0 unspecified atom stereocenters. The standard InChI is InChI=1S/C29H25N5O5/c1-39-27-16-21(6-9-26(27)34(37)38)20-5-7-22-24(15-20)32-25-13-19(4-8-23(25)33-29(22)36)14-28(35)31-12-10-18-3-2-11-30-17-18/h2-9,11,13,15-17,32H,10,12,14H2,1H3,(H,31,35)(H,33,36). The molecule has 0 aliphatic carbocycles. The van der Waals surface area contributed by atoms with Gasteiger partial charge < -0.3 is 20.7 Å². The van der Waals surface area contributed by atoms with E-state index in [1.54, 1.807) is 42.7 Å². The van der Waals surface area contributed by atoms with E-state index in [0.29, 0.717) is 41.2 Å². The lowest BCUT2D eigenvalue weighted by atomic mass is 10.0. The quantitative estimate of drug-likeness (QED) is 0.221. The van der Waals surface area contributed by atoms with Crippen molar-refractivity contribution in [1.82, 2.24) is 10.3 Å². The van der Waals surface area contributed by atoms with Crippen LogP contribution in [0.1, 0.15) is 21.5 Å². The third kappa shape index (κ3) is 5.69. The Labute approximate surface area is 224 Å². The lowest BCUT2D eigenvalue weighted by Gasteiger charge is -2.12. The number of pyridine rings is 1. The van der Waals surface area contributed by atoms with Gasteiger partial charge in [-0.2, -0.15) is 0 Å². The van der Waals surface area contributed by atoms with Gasteiger partial charge >= 0.3 is 5.69 Å². The topological polar surface area (TPSA) is 135 Å². The number of aromatic nitrogens is 1. The highest BCUT2D eigenvalue weighted by Gasteiger charge is 2.21. The number of methoxy groups -OCH3 is 1. The summed E-state index contributed by atoms with van der Waals surface area (Å²) in [5, 5.41) is 20.4. The minimum atomic E-state index is -0.499. The van der Waals surface area contributed by atoms with Crippen LogP contribution in [0, 0.1) is 10.1 Å². The summed E-state index contributed by atoms with van der Waals surface area (Å²) < 4.78 is 5.20. The fourth-order valence-electron chi connectivity index (χ4n) is 4.42. The molecule has 196 valence electrons. The molecule has 1 aromatic heterocycles. The largest absolute Gasteiger partial charge is 0.490 e. The van der Waals surface area contributed by atoms with Gasteiger partial charge in [-0.1, -0.05) is 18.2 Å². The summed E-state index contributed by atoms with van der Waals surface area (Å²) >= 11 is 0. The van der Waals surface area contributed by atoms with Crippen LogP contribution < -0.4 is 20.7 Å². The second-order valence-electron chi connectivity index (χ2n) is 9.00. The smallest absolute Gasteiger partial charge is 0.310 e. The Morgan fingerprint density at radius 2 is 1.79 bits per heavy atom. The number of benzene rings is 3. The van der Waals surface area contributed by atoms with Crippen LogP contribution in [0.3, 0.4) is 0 Å². The lowest BCUT2D eigenvalue weighted by Crippen LogP contribution is -2.27. The number of hydrogen-bond acceptors (Lipinski definition) is 7. The van der Waals surface area contributed by atoms with E-state index >= 15 is 0 Å². The van der Waals surface area contributed by atoms with Gasteiger partial charge in [0.2, 0.25) is 5.91 Å². The van der Waals surface area contributed by atoms with Crippen molar-refractivity contribution in [2.45, 2.75) is 12.8 Å². The summed E-state index contributed by atoms with van der Waals surface area (Å²) in [6, 6.07) is 19.2. The van der Waals surface area contributed by atoms with E-state index in [4.69, 9.17) is 4.74 Å². The molecule has 0 fully saturated rings. The monoisotopic (exact) mass is 523 g/mol. The maximum Gasteiger partial charge on any atom is 0.310 e. The van der Waals surface area contributed by atoms with Crippen LogP contribution in [0.15, 0.2) is 79.1 Å². The first-order valence-electron chi connectivity index (χ1n) is 12.2. The van der Waals surface area contributed by atoms with Gasteiger partial charge in [-0.05, 0) is 71.1 Å². The number of nitrogens with zero attached hydrogens (tertiary/aromatic N) is 2. The van der Waals surface area contributed by atoms with E-state index in [9.17, 15) is 19.7 Å². The van der Waals surface area contributed by atoms with E-state index in [1.165, 1.54) is 13.2 Å². The number of carbonyl (C=O) groups is 2. The Morgan fingerprint density at radius 1 is 0.974 bits per heavy atom. The first-order valence-corrected chi connectivity index (χ1v) is 12.2. The number of nitrogens with one attached hydrogen (secondary N) is 3. The summed E-state index contributed by atoms with van der Waals surface area (Å²) in [4.78, 5) is 40.3. The Kier molecular flexibility index (Phi) is 7.17. The third-order valence-corrected chi connectivity index (χ3v) is 6.40. The molecule has 2 amide bonds. The van der Waals surface area contributed by atoms with Crippen LogP contribution in [0.2, 0.25) is 0 Å². The maximum atomic E-state index is 12.9. The van der Waals surface area contributed by atoms with Gasteiger partial charge in [0.15, 0.2) is 5.75 Å². The molecule has 0 bridgehead atoms. The number of ether oxygens (including phenoxy) is 1. The molecule has 3 N–H and O–H groups in total. The molecule has 0 spiro atoms. The highest BCUT2D eigenvalue weighted by molar-refractivity contribution is 6.12. The van der Waals surface area contributed by atoms with Gasteiger partial charge in [0, 0.05) is 25.0 Å². The fraction of sp³-hybridized carbons (Fsp3) is 0.138. The minimum Gasteiger partial charge on any atom is -0.490 e. The summed E-state index contributed by atoms with van der Waals surface area (Å²) in [5.41, 5.74) is 5.41. The van der Waals surface area contributed by atoms with Gasteiger partial charge in [0.1, 0.15) is 0 Å². The van der Waals surface area contributed by atoms with Crippen LogP contribution >= 0.6 is 0 Å². The summed E-state index contributed by atoms with van der Waals surface area (Å²) in [6.45, 7) is 0.507. The molecule has 1 aliphatic heterocycles. The number of carbonyl (C=O) groups excluding carboxylic acids is 2. The summed E-state index contributed by atoms with van der Waals surface area (Å²) in [6.07, 6.45) is 4.37. The van der Waals surface area contributed by atoms with Crippen LogP contribution in [0.5, 0.6) is 5.75 Å². The number of hydrogen-bond donors (Lipinski definition) is 3. The van der Waals surface area contributed by atoms with Crippen molar-refractivity contribution in [1.29, 1.82) is 0 Å². The van der Waals surface area contributed by atoms with E-state index in [2.05, 4.69) is 20.9 Å². The first-order chi connectivity index (χ1) is 18.9. The van der Waals surface area contributed by atoms with Crippen LogP contribution in [-0.2, 0) is 17.6 Å². The number of rotatable bonds is 8. The van der Waals surface area contributed by atoms with Crippen molar-refractivity contribution in [2.24, 2.45) is 0 Å². The molecule has 0 radical (unpaired) electrons. The number of anilines is 3. The minimum absolute atomic E-state index is 0.105. The van der Waals surface area contributed by atoms with Gasteiger partial charge in [0.05, 0.1) is 41.1 Å². The van der Waals surface area contributed by atoms with Gasteiger partial charge in [-0.3, -0.25) is 24.7 Å². The van der Waals surface area contributed by atoms with Crippen molar-refractivity contribution >= 4 is 34.6 Å². The molecule has 0 atom stereocenters. The first kappa shape index (κ1) is 25.4. The predicted octanol–water partition coefficient (Wildman–Crippen LogP) is 4.88. The third-order valence-electron chi connectivity index (χ3n) is 6.40. The van der Waals surface area contributed by atoms with Gasteiger partial charge in [-0.15, -0.1) is 0 Å². The molecule has 0 saturated carbocycles. The molecule has 0 saturated heterocycles.